The number of rotatable bonds is 5. The minimum absolute atomic E-state index is 0.0128. The molecule has 3 heterocycles. The highest BCUT2D eigenvalue weighted by atomic mass is 32.1. The van der Waals surface area contributed by atoms with Gasteiger partial charge in [-0.15, -0.1) is 11.3 Å². The normalized spacial score (nSPS) is 13.4. The number of thiophene rings is 2. The second-order valence-corrected chi connectivity index (χ2v) is 7.10. The number of hydrogen-bond donors (Lipinski definition) is 2. The standard InChI is InChI=1S/C17H16N2O3S2/c1-19-7-2-4-13(16(19)21)15(20)18-11-17(22,12-6-9-23-10-12)14-5-3-8-24-14/h2-10,22H,11H2,1H3,(H,18,20). The number of aryl methyl sites for hydroxylation is 1. The zero-order chi connectivity index (χ0) is 17.2. The third-order valence-corrected chi connectivity index (χ3v) is 5.50. The number of pyridine rings is 1. The van der Waals surface area contributed by atoms with E-state index in [9.17, 15) is 14.7 Å². The smallest absolute Gasteiger partial charge is 0.263 e. The molecule has 1 unspecified atom stereocenters. The van der Waals surface area contributed by atoms with Crippen molar-refractivity contribution in [3.63, 3.8) is 0 Å². The van der Waals surface area contributed by atoms with Gasteiger partial charge >= 0.3 is 0 Å². The zero-order valence-electron chi connectivity index (χ0n) is 12.9. The molecule has 0 radical (unpaired) electrons. The van der Waals surface area contributed by atoms with Crippen molar-refractivity contribution in [2.75, 3.05) is 6.54 Å². The van der Waals surface area contributed by atoms with Crippen LogP contribution in [-0.2, 0) is 12.6 Å². The average molecular weight is 360 g/mol. The number of nitrogens with one attached hydrogen (secondary N) is 1. The van der Waals surface area contributed by atoms with Gasteiger partial charge in [0.25, 0.3) is 11.5 Å². The Balaban J connectivity index is 1.86. The van der Waals surface area contributed by atoms with Crippen molar-refractivity contribution in [3.8, 4) is 0 Å². The summed E-state index contributed by atoms with van der Waals surface area (Å²) in [7, 11) is 1.59. The fraction of sp³-hybridized carbons (Fsp3) is 0.176. The van der Waals surface area contributed by atoms with Crippen LogP contribution < -0.4 is 10.9 Å². The maximum absolute atomic E-state index is 12.4. The molecular formula is C17H16N2O3S2. The Kier molecular flexibility index (Phi) is 4.66. The van der Waals surface area contributed by atoms with Crippen LogP contribution in [0.15, 0.2) is 57.5 Å². The lowest BCUT2D eigenvalue weighted by molar-refractivity contribution is 0.0720. The molecule has 0 aliphatic rings. The van der Waals surface area contributed by atoms with Crippen LogP contribution in [0.25, 0.3) is 0 Å². The Morgan fingerprint density at radius 2 is 2.12 bits per heavy atom. The van der Waals surface area contributed by atoms with Crippen molar-refractivity contribution in [2.24, 2.45) is 7.05 Å². The fourth-order valence-electron chi connectivity index (χ4n) is 2.42. The molecule has 0 aliphatic carbocycles. The van der Waals surface area contributed by atoms with Gasteiger partial charge in [0.15, 0.2) is 0 Å². The van der Waals surface area contributed by atoms with Crippen molar-refractivity contribution in [1.82, 2.24) is 9.88 Å². The van der Waals surface area contributed by atoms with Crippen molar-refractivity contribution in [1.29, 1.82) is 0 Å². The predicted molar refractivity (Wildman–Crippen MR) is 95.7 cm³/mol. The van der Waals surface area contributed by atoms with Crippen LogP contribution in [0.1, 0.15) is 20.8 Å². The van der Waals surface area contributed by atoms with E-state index >= 15 is 0 Å². The van der Waals surface area contributed by atoms with Gasteiger partial charge in [0.1, 0.15) is 11.2 Å². The van der Waals surface area contributed by atoms with Gasteiger partial charge in [0.2, 0.25) is 0 Å². The van der Waals surface area contributed by atoms with Crippen LogP contribution in [-0.4, -0.2) is 22.1 Å². The molecule has 0 saturated carbocycles. The maximum atomic E-state index is 12.4. The fourth-order valence-corrected chi connectivity index (χ4v) is 3.99. The lowest BCUT2D eigenvalue weighted by Crippen LogP contribution is -2.42. The minimum atomic E-state index is -1.32. The van der Waals surface area contributed by atoms with Crippen LogP contribution in [0, 0.1) is 0 Å². The highest BCUT2D eigenvalue weighted by Crippen LogP contribution is 2.33. The average Bonchev–Trinajstić information content (AvgIpc) is 3.28. The van der Waals surface area contributed by atoms with Gasteiger partial charge in [-0.1, -0.05) is 6.07 Å². The van der Waals surface area contributed by atoms with Crippen LogP contribution in [0.2, 0.25) is 0 Å². The summed E-state index contributed by atoms with van der Waals surface area (Å²) in [6.45, 7) is -0.0128. The molecule has 3 aromatic rings. The number of carbonyl (C=O) groups is 1. The van der Waals surface area contributed by atoms with Gasteiger partial charge in [0, 0.05) is 23.7 Å². The molecule has 3 aromatic heterocycles. The summed E-state index contributed by atoms with van der Waals surface area (Å²) in [6.07, 6.45) is 1.59. The van der Waals surface area contributed by atoms with Gasteiger partial charge in [-0.3, -0.25) is 9.59 Å². The van der Waals surface area contributed by atoms with Gasteiger partial charge in [0.05, 0.1) is 6.54 Å². The zero-order valence-corrected chi connectivity index (χ0v) is 14.6. The van der Waals surface area contributed by atoms with Crippen LogP contribution in [0.3, 0.4) is 0 Å². The molecule has 2 N–H and O–H groups in total. The minimum Gasteiger partial charge on any atom is -0.378 e. The summed E-state index contributed by atoms with van der Waals surface area (Å²) in [6, 6.07) is 8.63. The topological polar surface area (TPSA) is 71.3 Å². The van der Waals surface area contributed by atoms with Crippen LogP contribution in [0.4, 0.5) is 0 Å². The monoisotopic (exact) mass is 360 g/mol. The summed E-state index contributed by atoms with van der Waals surface area (Å²) in [4.78, 5) is 25.1. The largest absolute Gasteiger partial charge is 0.378 e. The number of hydrogen-bond acceptors (Lipinski definition) is 5. The lowest BCUT2D eigenvalue weighted by Gasteiger charge is -2.27. The molecule has 1 amide bonds. The first-order chi connectivity index (χ1) is 11.5. The molecule has 0 saturated heterocycles. The molecule has 0 aliphatic heterocycles. The van der Waals surface area contributed by atoms with Crippen LogP contribution >= 0.6 is 22.7 Å². The second kappa shape index (κ2) is 6.72. The van der Waals surface area contributed by atoms with Crippen molar-refractivity contribution >= 4 is 28.6 Å². The SMILES string of the molecule is Cn1cccc(C(=O)NCC(O)(c2ccsc2)c2cccs2)c1=O. The quantitative estimate of drug-likeness (QED) is 0.733. The Morgan fingerprint density at radius 1 is 1.29 bits per heavy atom. The van der Waals surface area contributed by atoms with E-state index in [-0.39, 0.29) is 17.7 Å². The molecular weight excluding hydrogens is 344 g/mol. The maximum Gasteiger partial charge on any atom is 0.263 e. The van der Waals surface area contributed by atoms with E-state index in [1.54, 1.807) is 19.3 Å². The van der Waals surface area contributed by atoms with Gasteiger partial charge in [-0.05, 0) is 40.4 Å². The van der Waals surface area contributed by atoms with Gasteiger partial charge < -0.3 is 15.0 Å². The molecule has 7 heteroatoms. The van der Waals surface area contributed by atoms with Crippen molar-refractivity contribution in [2.45, 2.75) is 5.60 Å². The molecule has 0 aromatic carbocycles. The highest BCUT2D eigenvalue weighted by Gasteiger charge is 2.33. The molecule has 0 fully saturated rings. The summed E-state index contributed by atoms with van der Waals surface area (Å²) in [5.74, 6) is -0.499. The van der Waals surface area contributed by atoms with E-state index in [0.717, 1.165) is 10.4 Å². The van der Waals surface area contributed by atoms with Gasteiger partial charge in [-0.25, -0.2) is 0 Å². The Bertz CT molecular complexity index is 849. The number of aromatic nitrogens is 1. The lowest BCUT2D eigenvalue weighted by atomic mass is 9.94. The summed E-state index contributed by atoms with van der Waals surface area (Å²) < 4.78 is 1.35. The third-order valence-electron chi connectivity index (χ3n) is 3.80. The molecule has 3 rings (SSSR count). The molecule has 124 valence electrons. The van der Waals surface area contributed by atoms with E-state index in [1.165, 1.54) is 33.3 Å². The van der Waals surface area contributed by atoms with E-state index in [4.69, 9.17) is 0 Å². The first-order valence-electron chi connectivity index (χ1n) is 7.25. The van der Waals surface area contributed by atoms with E-state index < -0.39 is 11.5 Å². The summed E-state index contributed by atoms with van der Waals surface area (Å²) in [5, 5.41) is 19.5. The number of aliphatic hydroxyl groups is 1. The number of carbonyl (C=O) groups excluding carboxylic acids is 1. The highest BCUT2D eigenvalue weighted by molar-refractivity contribution is 7.10. The van der Waals surface area contributed by atoms with Gasteiger partial charge in [-0.2, -0.15) is 11.3 Å². The first-order valence-corrected chi connectivity index (χ1v) is 9.07. The van der Waals surface area contributed by atoms with E-state index in [1.807, 2.05) is 34.3 Å². The Morgan fingerprint density at radius 3 is 2.79 bits per heavy atom. The van der Waals surface area contributed by atoms with Crippen molar-refractivity contribution < 1.29 is 9.90 Å². The Hall–Kier alpha value is -2.22. The van der Waals surface area contributed by atoms with E-state index in [0.29, 0.717) is 0 Å². The number of amides is 1. The molecule has 1 atom stereocenters. The first kappa shape index (κ1) is 16.6. The van der Waals surface area contributed by atoms with Crippen LogP contribution in [0.5, 0.6) is 0 Å². The second-order valence-electron chi connectivity index (χ2n) is 5.37. The third kappa shape index (κ3) is 3.06. The molecule has 0 spiro atoms. The van der Waals surface area contributed by atoms with Crippen molar-refractivity contribution in [3.05, 3.63) is 79.0 Å². The van der Waals surface area contributed by atoms with E-state index in [2.05, 4.69) is 5.32 Å². The molecule has 5 nitrogen and oxygen atoms in total. The number of nitrogens with zero attached hydrogens (tertiary/aromatic N) is 1. The predicted octanol–water partition coefficient (Wildman–Crippen LogP) is 2.17. The summed E-state index contributed by atoms with van der Waals surface area (Å²) in [5.41, 5.74) is -0.913. The molecule has 0 bridgehead atoms. The Labute approximate surface area is 146 Å². The molecule has 24 heavy (non-hydrogen) atoms. The summed E-state index contributed by atoms with van der Waals surface area (Å²) >= 11 is 2.90.